The SMILES string of the molecule is CC(C)(O)CNC(=O)C(C)(C)N. The first-order valence-electron chi connectivity index (χ1n) is 3.92. The van der Waals surface area contributed by atoms with Crippen molar-refractivity contribution in [3.05, 3.63) is 0 Å². The average Bonchev–Trinajstić information content (AvgIpc) is 1.78. The van der Waals surface area contributed by atoms with E-state index in [9.17, 15) is 9.90 Å². The Morgan fingerprint density at radius 2 is 1.83 bits per heavy atom. The highest BCUT2D eigenvalue weighted by Gasteiger charge is 2.23. The van der Waals surface area contributed by atoms with Crippen molar-refractivity contribution in [3.63, 3.8) is 0 Å². The van der Waals surface area contributed by atoms with Gasteiger partial charge in [0.15, 0.2) is 0 Å². The van der Waals surface area contributed by atoms with Gasteiger partial charge < -0.3 is 16.2 Å². The van der Waals surface area contributed by atoms with Gasteiger partial charge in [0, 0.05) is 6.54 Å². The standard InChI is InChI=1S/C8H18N2O2/c1-7(2,12)5-10-6(11)8(3,4)9/h12H,5,9H2,1-4H3,(H,10,11). The molecule has 0 heterocycles. The summed E-state index contributed by atoms with van der Waals surface area (Å²) in [7, 11) is 0. The molecular formula is C8H18N2O2. The van der Waals surface area contributed by atoms with Gasteiger partial charge in [0.25, 0.3) is 0 Å². The number of hydrogen-bond donors (Lipinski definition) is 3. The van der Waals surface area contributed by atoms with Crippen LogP contribution in [0.3, 0.4) is 0 Å². The van der Waals surface area contributed by atoms with Gasteiger partial charge in [-0.15, -0.1) is 0 Å². The summed E-state index contributed by atoms with van der Waals surface area (Å²) in [4.78, 5) is 11.2. The van der Waals surface area contributed by atoms with Gasteiger partial charge in [-0.25, -0.2) is 0 Å². The van der Waals surface area contributed by atoms with Crippen LogP contribution in [0.1, 0.15) is 27.7 Å². The molecule has 12 heavy (non-hydrogen) atoms. The van der Waals surface area contributed by atoms with Crippen LogP contribution in [0, 0.1) is 0 Å². The molecule has 0 fully saturated rings. The van der Waals surface area contributed by atoms with Crippen molar-refractivity contribution in [2.45, 2.75) is 38.8 Å². The molecule has 72 valence electrons. The molecule has 0 aliphatic heterocycles. The first kappa shape index (κ1) is 11.4. The van der Waals surface area contributed by atoms with Crippen LogP contribution in [-0.2, 0) is 4.79 Å². The Morgan fingerprint density at radius 1 is 1.42 bits per heavy atom. The molecule has 0 unspecified atom stereocenters. The molecule has 4 nitrogen and oxygen atoms in total. The van der Waals surface area contributed by atoms with E-state index in [1.807, 2.05) is 0 Å². The molecule has 1 amide bonds. The minimum absolute atomic E-state index is 0.215. The fraction of sp³-hybridized carbons (Fsp3) is 0.875. The molecule has 0 atom stereocenters. The summed E-state index contributed by atoms with van der Waals surface area (Å²) in [5.41, 5.74) is 3.74. The van der Waals surface area contributed by atoms with Gasteiger partial charge in [-0.1, -0.05) is 0 Å². The largest absolute Gasteiger partial charge is 0.389 e. The lowest BCUT2D eigenvalue weighted by Gasteiger charge is -2.22. The van der Waals surface area contributed by atoms with E-state index < -0.39 is 11.1 Å². The molecule has 4 heteroatoms. The maximum absolute atomic E-state index is 11.2. The highest BCUT2D eigenvalue weighted by atomic mass is 16.3. The maximum Gasteiger partial charge on any atom is 0.239 e. The summed E-state index contributed by atoms with van der Waals surface area (Å²) >= 11 is 0. The number of hydrogen-bond acceptors (Lipinski definition) is 3. The molecule has 0 radical (unpaired) electrons. The second-order valence-electron chi connectivity index (χ2n) is 4.22. The number of amides is 1. The second kappa shape index (κ2) is 3.41. The third kappa shape index (κ3) is 5.09. The number of nitrogens with two attached hydrogens (primary N) is 1. The van der Waals surface area contributed by atoms with E-state index in [0.29, 0.717) is 0 Å². The molecule has 4 N–H and O–H groups in total. The van der Waals surface area contributed by atoms with Crippen molar-refractivity contribution in [2.24, 2.45) is 5.73 Å². The molecule has 0 spiro atoms. The fourth-order valence-electron chi connectivity index (χ4n) is 0.524. The van der Waals surface area contributed by atoms with Crippen molar-refractivity contribution in [3.8, 4) is 0 Å². The second-order valence-corrected chi connectivity index (χ2v) is 4.22. The number of nitrogens with one attached hydrogen (secondary N) is 1. The zero-order valence-electron chi connectivity index (χ0n) is 8.14. The highest BCUT2D eigenvalue weighted by Crippen LogP contribution is 2.00. The van der Waals surface area contributed by atoms with E-state index in [1.165, 1.54) is 0 Å². The van der Waals surface area contributed by atoms with E-state index in [0.717, 1.165) is 0 Å². The lowest BCUT2D eigenvalue weighted by Crippen LogP contribution is -2.52. The minimum Gasteiger partial charge on any atom is -0.389 e. The summed E-state index contributed by atoms with van der Waals surface area (Å²) in [6.45, 7) is 6.69. The lowest BCUT2D eigenvalue weighted by molar-refractivity contribution is -0.126. The van der Waals surface area contributed by atoms with Crippen LogP contribution >= 0.6 is 0 Å². The molecule has 0 saturated heterocycles. The van der Waals surface area contributed by atoms with Crippen LogP contribution < -0.4 is 11.1 Å². The third-order valence-electron chi connectivity index (χ3n) is 1.27. The molecule has 0 aromatic heterocycles. The zero-order valence-corrected chi connectivity index (χ0v) is 8.14. The van der Waals surface area contributed by atoms with Gasteiger partial charge in [-0.3, -0.25) is 4.79 Å². The van der Waals surface area contributed by atoms with Gasteiger partial charge in [0.1, 0.15) is 0 Å². The summed E-state index contributed by atoms with van der Waals surface area (Å²) in [5, 5.41) is 11.8. The van der Waals surface area contributed by atoms with Crippen molar-refractivity contribution < 1.29 is 9.90 Å². The molecule has 0 bridgehead atoms. The summed E-state index contributed by atoms with van der Waals surface area (Å²) in [5.74, 6) is -0.260. The van der Waals surface area contributed by atoms with E-state index >= 15 is 0 Å². The molecule has 0 aliphatic rings. The molecule has 0 aromatic carbocycles. The Labute approximate surface area is 73.1 Å². The Kier molecular flexibility index (Phi) is 3.24. The topological polar surface area (TPSA) is 75.3 Å². The van der Waals surface area contributed by atoms with E-state index in [4.69, 9.17) is 5.73 Å². The number of rotatable bonds is 3. The Morgan fingerprint density at radius 3 is 2.08 bits per heavy atom. The fourth-order valence-corrected chi connectivity index (χ4v) is 0.524. The van der Waals surface area contributed by atoms with Crippen molar-refractivity contribution in [1.82, 2.24) is 5.32 Å². The van der Waals surface area contributed by atoms with Gasteiger partial charge in [0.05, 0.1) is 11.1 Å². The van der Waals surface area contributed by atoms with Crippen LogP contribution in [-0.4, -0.2) is 28.7 Å². The molecule has 0 aliphatic carbocycles. The van der Waals surface area contributed by atoms with Gasteiger partial charge in [-0.2, -0.15) is 0 Å². The highest BCUT2D eigenvalue weighted by molar-refractivity contribution is 5.85. The molecular weight excluding hydrogens is 156 g/mol. The van der Waals surface area contributed by atoms with Crippen LogP contribution in [0.4, 0.5) is 0 Å². The summed E-state index contributed by atoms with van der Waals surface area (Å²) in [6, 6.07) is 0. The maximum atomic E-state index is 11.2. The third-order valence-corrected chi connectivity index (χ3v) is 1.27. The number of carbonyl (C=O) groups is 1. The normalized spacial score (nSPS) is 12.8. The van der Waals surface area contributed by atoms with Gasteiger partial charge >= 0.3 is 0 Å². The van der Waals surface area contributed by atoms with Crippen molar-refractivity contribution in [2.75, 3.05) is 6.54 Å². The van der Waals surface area contributed by atoms with Crippen molar-refractivity contribution >= 4 is 5.91 Å². The number of carbonyl (C=O) groups excluding carboxylic acids is 1. The predicted octanol–water partition coefficient (Wildman–Crippen LogP) is -0.389. The zero-order chi connectivity index (χ0) is 9.99. The van der Waals surface area contributed by atoms with Crippen LogP contribution in [0.15, 0.2) is 0 Å². The van der Waals surface area contributed by atoms with Crippen molar-refractivity contribution in [1.29, 1.82) is 0 Å². The smallest absolute Gasteiger partial charge is 0.239 e. The van der Waals surface area contributed by atoms with Gasteiger partial charge in [-0.05, 0) is 27.7 Å². The summed E-state index contributed by atoms with van der Waals surface area (Å²) in [6.07, 6.45) is 0. The van der Waals surface area contributed by atoms with E-state index in [2.05, 4.69) is 5.32 Å². The van der Waals surface area contributed by atoms with Crippen LogP contribution in [0.25, 0.3) is 0 Å². The predicted molar refractivity (Wildman–Crippen MR) is 47.6 cm³/mol. The summed E-state index contributed by atoms with van der Waals surface area (Å²) < 4.78 is 0. The number of aliphatic hydroxyl groups is 1. The first-order valence-corrected chi connectivity index (χ1v) is 3.92. The Hall–Kier alpha value is -0.610. The molecule has 0 saturated carbocycles. The lowest BCUT2D eigenvalue weighted by atomic mass is 10.1. The first-order chi connectivity index (χ1) is 5.13. The van der Waals surface area contributed by atoms with E-state index in [1.54, 1.807) is 27.7 Å². The quantitative estimate of drug-likeness (QED) is 0.545. The Bertz CT molecular complexity index is 165. The van der Waals surface area contributed by atoms with E-state index in [-0.39, 0.29) is 12.5 Å². The Balaban J connectivity index is 3.90. The van der Waals surface area contributed by atoms with Crippen LogP contribution in [0.5, 0.6) is 0 Å². The van der Waals surface area contributed by atoms with Gasteiger partial charge in [0.2, 0.25) is 5.91 Å². The monoisotopic (exact) mass is 174 g/mol. The molecule has 0 aromatic rings. The van der Waals surface area contributed by atoms with Crippen LogP contribution in [0.2, 0.25) is 0 Å². The molecule has 0 rings (SSSR count). The average molecular weight is 174 g/mol. The minimum atomic E-state index is -0.888.